The summed E-state index contributed by atoms with van der Waals surface area (Å²) in [7, 11) is 4.65. The molecule has 2 heterocycles. The van der Waals surface area contributed by atoms with E-state index in [9.17, 15) is 14.7 Å². The molecule has 2 aliphatic heterocycles. The lowest BCUT2D eigenvalue weighted by molar-refractivity contribution is -0.147. The molecule has 0 spiro atoms. The highest BCUT2D eigenvalue weighted by Crippen LogP contribution is 2.49. The molecule has 0 bridgehead atoms. The molecule has 0 amide bonds. The highest BCUT2D eigenvalue weighted by molar-refractivity contribution is 6.30. The van der Waals surface area contributed by atoms with E-state index in [4.69, 9.17) is 25.8 Å². The van der Waals surface area contributed by atoms with E-state index in [1.165, 1.54) is 13.2 Å². The van der Waals surface area contributed by atoms with Crippen molar-refractivity contribution in [1.82, 2.24) is 4.90 Å². The van der Waals surface area contributed by atoms with Crippen molar-refractivity contribution in [3.63, 3.8) is 0 Å². The van der Waals surface area contributed by atoms with Crippen LogP contribution in [0.5, 0.6) is 5.75 Å². The van der Waals surface area contributed by atoms with Crippen LogP contribution in [0.15, 0.2) is 58.9 Å². The summed E-state index contributed by atoms with van der Waals surface area (Å²) in [6.45, 7) is 4.02. The average molecular weight is 498 g/mol. The maximum Gasteiger partial charge on any atom is 0.337 e. The zero-order chi connectivity index (χ0) is 25.4. The van der Waals surface area contributed by atoms with E-state index in [0.717, 1.165) is 22.4 Å². The van der Waals surface area contributed by atoms with Crippen LogP contribution in [0.25, 0.3) is 0 Å². The van der Waals surface area contributed by atoms with E-state index in [1.54, 1.807) is 25.3 Å². The Labute approximate surface area is 209 Å². The molecule has 0 fully saturated rings. The lowest BCUT2D eigenvalue weighted by Crippen LogP contribution is -2.39. The van der Waals surface area contributed by atoms with Gasteiger partial charge in [-0.15, -0.1) is 0 Å². The van der Waals surface area contributed by atoms with Gasteiger partial charge in [-0.05, 0) is 60.4 Å². The predicted molar refractivity (Wildman–Crippen MR) is 131 cm³/mol. The minimum absolute atomic E-state index is 0.0237. The van der Waals surface area contributed by atoms with Gasteiger partial charge >= 0.3 is 11.9 Å². The molecule has 1 N–H and O–H groups in total. The van der Waals surface area contributed by atoms with Gasteiger partial charge in [0.05, 0.1) is 36.5 Å². The number of hydrogen-bond acceptors (Lipinski definition) is 7. The van der Waals surface area contributed by atoms with Gasteiger partial charge in [-0.3, -0.25) is 0 Å². The number of carbonyl (C=O) groups excluding carboxylic acids is 2. The molecule has 4 rings (SSSR count). The summed E-state index contributed by atoms with van der Waals surface area (Å²) in [5.41, 5.74) is 5.29. The van der Waals surface area contributed by atoms with Gasteiger partial charge in [0.25, 0.3) is 0 Å². The number of likely N-dealkylation sites (N-methyl/N-ethyl adjacent to an activating group) is 1. The number of hydrogen-bond donors (Lipinski definition) is 1. The van der Waals surface area contributed by atoms with Crippen LogP contribution in [0.4, 0.5) is 0 Å². The highest BCUT2D eigenvalue weighted by Gasteiger charge is 2.45. The normalized spacial score (nSPS) is 20.1. The first-order valence-corrected chi connectivity index (χ1v) is 11.6. The predicted octanol–water partition coefficient (Wildman–Crippen LogP) is 4.71. The van der Waals surface area contributed by atoms with Crippen LogP contribution in [-0.4, -0.2) is 49.8 Å². The minimum atomic E-state index is -0.785. The number of rotatable bonds is 5. The molecular weight excluding hydrogens is 470 g/mol. The molecule has 2 unspecified atom stereocenters. The first-order valence-electron chi connectivity index (χ1n) is 11.2. The van der Waals surface area contributed by atoms with Gasteiger partial charge in [0.15, 0.2) is 0 Å². The molecule has 0 saturated carbocycles. The number of halogens is 1. The third-order valence-corrected chi connectivity index (χ3v) is 6.85. The van der Waals surface area contributed by atoms with Crippen molar-refractivity contribution in [2.75, 3.05) is 27.9 Å². The van der Waals surface area contributed by atoms with Crippen LogP contribution >= 0.6 is 11.6 Å². The molecule has 0 aromatic heterocycles. The fourth-order valence-electron chi connectivity index (χ4n) is 5.18. The number of benzene rings is 2. The number of phenolic OH excluding ortho intramolecular Hbond substituents is 1. The Hall–Kier alpha value is -3.29. The van der Waals surface area contributed by atoms with Crippen LogP contribution < -0.4 is 0 Å². The van der Waals surface area contributed by atoms with Gasteiger partial charge in [-0.1, -0.05) is 23.7 Å². The molecule has 0 aliphatic carbocycles. The molecule has 2 aromatic carbocycles. The number of aromatic hydroxyl groups is 1. The molecule has 7 nitrogen and oxygen atoms in total. The smallest absolute Gasteiger partial charge is 0.337 e. The Morgan fingerprint density at radius 1 is 1.20 bits per heavy atom. The van der Waals surface area contributed by atoms with Gasteiger partial charge in [0, 0.05) is 31.3 Å². The highest BCUT2D eigenvalue weighted by atomic mass is 35.5. The van der Waals surface area contributed by atoms with E-state index in [2.05, 4.69) is 0 Å². The summed E-state index contributed by atoms with van der Waals surface area (Å²) in [5.74, 6) is -1.87. The first-order chi connectivity index (χ1) is 16.7. The van der Waals surface area contributed by atoms with E-state index in [0.29, 0.717) is 28.3 Å². The lowest BCUT2D eigenvalue weighted by atomic mass is 9.77. The lowest BCUT2D eigenvalue weighted by Gasteiger charge is -2.42. The Morgan fingerprint density at radius 3 is 2.49 bits per heavy atom. The number of aryl methyl sites for hydroxylation is 2. The van der Waals surface area contributed by atoms with Gasteiger partial charge in [-0.25, -0.2) is 9.59 Å². The molecule has 35 heavy (non-hydrogen) atoms. The van der Waals surface area contributed by atoms with Crippen LogP contribution in [-0.2, 0) is 23.8 Å². The van der Waals surface area contributed by atoms with Crippen molar-refractivity contribution in [2.45, 2.75) is 32.3 Å². The number of cyclic esters (lactones) is 1. The second kappa shape index (κ2) is 9.76. The maximum absolute atomic E-state index is 13.6. The van der Waals surface area contributed by atoms with Crippen LogP contribution in [0, 0.1) is 13.8 Å². The molecule has 8 heteroatoms. The summed E-state index contributed by atoms with van der Waals surface area (Å²) in [6, 6.07) is 10.2. The van der Waals surface area contributed by atoms with Crippen LogP contribution in [0.3, 0.4) is 0 Å². The van der Waals surface area contributed by atoms with E-state index >= 15 is 0 Å². The topological polar surface area (TPSA) is 85.3 Å². The number of esters is 2. The largest absolute Gasteiger partial charge is 0.508 e. The SMILES string of the molecule is COCC1=C(C(=O)OC)C(c2cccc(O)c2)C2=C(CC(c3c(C)cc(Cl)cc3C)OC2=O)N1C. The summed E-state index contributed by atoms with van der Waals surface area (Å²) in [6.07, 6.45) is -0.119. The van der Waals surface area contributed by atoms with E-state index < -0.39 is 24.0 Å². The van der Waals surface area contributed by atoms with Crippen molar-refractivity contribution in [3.8, 4) is 5.75 Å². The standard InChI is InChI=1S/C27H28ClNO6/c1-14-9-17(28)10-15(2)22(14)21-12-19-24(27(32)35-21)23(16-7-6-8-18(30)11-16)25(26(31)34-5)20(13-33-4)29(19)3/h6-11,21,23,30H,12-13H2,1-5H3. The zero-order valence-electron chi connectivity index (χ0n) is 20.3. The number of phenols is 1. The Kier molecular flexibility index (Phi) is 6.92. The van der Waals surface area contributed by atoms with Gasteiger partial charge in [-0.2, -0.15) is 0 Å². The first kappa shape index (κ1) is 24.8. The number of carbonyl (C=O) groups is 2. The second-order valence-electron chi connectivity index (χ2n) is 8.78. The summed E-state index contributed by atoms with van der Waals surface area (Å²) < 4.78 is 16.6. The quantitative estimate of drug-likeness (QED) is 0.599. The molecule has 184 valence electrons. The zero-order valence-corrected chi connectivity index (χ0v) is 21.1. The van der Waals surface area contributed by atoms with Crippen LogP contribution in [0.2, 0.25) is 5.02 Å². The molecule has 0 saturated heterocycles. The average Bonchev–Trinajstić information content (AvgIpc) is 2.79. The molecular formula is C27H28ClNO6. The summed E-state index contributed by atoms with van der Waals surface area (Å²) in [4.78, 5) is 28.5. The fraction of sp³-hybridized carbons (Fsp3) is 0.333. The van der Waals surface area contributed by atoms with Crippen molar-refractivity contribution >= 4 is 23.5 Å². The minimum Gasteiger partial charge on any atom is -0.508 e. The third-order valence-electron chi connectivity index (χ3n) is 6.63. The van der Waals surface area contributed by atoms with Gasteiger partial charge in [0.1, 0.15) is 11.9 Å². The number of methoxy groups -OCH3 is 2. The van der Waals surface area contributed by atoms with Gasteiger partial charge < -0.3 is 24.2 Å². The second-order valence-corrected chi connectivity index (χ2v) is 9.22. The maximum atomic E-state index is 13.6. The fourth-order valence-corrected chi connectivity index (χ4v) is 5.51. The Bertz CT molecular complexity index is 1240. The summed E-state index contributed by atoms with van der Waals surface area (Å²) >= 11 is 6.23. The molecule has 0 radical (unpaired) electrons. The van der Waals surface area contributed by atoms with Crippen molar-refractivity contribution in [1.29, 1.82) is 0 Å². The number of nitrogens with zero attached hydrogens (tertiary/aromatic N) is 1. The summed E-state index contributed by atoms with van der Waals surface area (Å²) in [5, 5.41) is 10.8. The molecule has 2 aliphatic rings. The Morgan fingerprint density at radius 2 is 1.89 bits per heavy atom. The monoisotopic (exact) mass is 497 g/mol. The third kappa shape index (κ3) is 4.42. The van der Waals surface area contributed by atoms with E-state index in [-0.39, 0.29) is 17.9 Å². The van der Waals surface area contributed by atoms with Crippen LogP contribution in [0.1, 0.15) is 40.7 Å². The van der Waals surface area contributed by atoms with Crippen molar-refractivity contribution < 1.29 is 28.9 Å². The number of ether oxygens (including phenoxy) is 3. The van der Waals surface area contributed by atoms with Gasteiger partial charge in [0.2, 0.25) is 0 Å². The van der Waals surface area contributed by atoms with Crippen molar-refractivity contribution in [2.24, 2.45) is 0 Å². The molecule has 2 aromatic rings. The van der Waals surface area contributed by atoms with Crippen molar-refractivity contribution in [3.05, 3.63) is 86.2 Å². The molecule has 2 atom stereocenters. The Balaban J connectivity index is 1.92. The van der Waals surface area contributed by atoms with E-state index in [1.807, 2.05) is 37.9 Å².